The molecular formula is C12H15N3O. The van der Waals surface area contributed by atoms with Crippen LogP contribution in [0.4, 0.5) is 0 Å². The maximum Gasteiger partial charge on any atom is 0.198 e. The van der Waals surface area contributed by atoms with E-state index in [0.29, 0.717) is 11.7 Å². The number of hydrogen-bond acceptors (Lipinski definition) is 4. The first kappa shape index (κ1) is 10.8. The molecule has 0 saturated heterocycles. The van der Waals surface area contributed by atoms with Crippen molar-refractivity contribution in [3.05, 3.63) is 30.7 Å². The van der Waals surface area contributed by atoms with Crippen LogP contribution in [0.15, 0.2) is 29.2 Å². The highest BCUT2D eigenvalue weighted by Crippen LogP contribution is 2.25. The lowest BCUT2D eigenvalue weighted by Gasteiger charge is -2.05. The Bertz CT molecular complexity index is 435. The molecule has 0 bridgehead atoms. The fraction of sp³-hybridized carbons (Fsp3) is 0.417. The largest absolute Gasteiger partial charge is 0.439 e. The molecule has 2 heterocycles. The van der Waals surface area contributed by atoms with Crippen molar-refractivity contribution in [3.63, 3.8) is 0 Å². The maximum atomic E-state index is 5.71. The lowest BCUT2D eigenvalue weighted by atomic mass is 10.0. The summed E-state index contributed by atoms with van der Waals surface area (Å²) in [6.07, 6.45) is 7.02. The molecule has 0 unspecified atom stereocenters. The van der Waals surface area contributed by atoms with Crippen molar-refractivity contribution < 1.29 is 4.42 Å². The minimum absolute atomic E-state index is 0.399. The second-order valence-electron chi connectivity index (χ2n) is 3.67. The normalized spacial score (nSPS) is 10.9. The van der Waals surface area contributed by atoms with Crippen LogP contribution in [0, 0.1) is 0 Å². The highest BCUT2D eigenvalue weighted by molar-refractivity contribution is 5.49. The molecule has 2 rings (SSSR count). The predicted octanol–water partition coefficient (Wildman–Crippen LogP) is 3.04. The molecule has 4 heteroatoms. The summed E-state index contributed by atoms with van der Waals surface area (Å²) >= 11 is 0. The van der Waals surface area contributed by atoms with E-state index >= 15 is 0 Å². The van der Waals surface area contributed by atoms with Gasteiger partial charge in [0.1, 0.15) is 12.0 Å². The number of oxazole rings is 1. The Hall–Kier alpha value is -1.71. The van der Waals surface area contributed by atoms with Crippen LogP contribution in [-0.2, 0) is 0 Å². The van der Waals surface area contributed by atoms with Crippen LogP contribution in [0.3, 0.4) is 0 Å². The smallest absolute Gasteiger partial charge is 0.198 e. The van der Waals surface area contributed by atoms with Crippen LogP contribution in [0.5, 0.6) is 0 Å². The van der Waals surface area contributed by atoms with Gasteiger partial charge < -0.3 is 4.42 Å². The summed E-state index contributed by atoms with van der Waals surface area (Å²) in [6, 6.07) is 1.82. The van der Waals surface area contributed by atoms with E-state index in [4.69, 9.17) is 4.42 Å². The van der Waals surface area contributed by atoms with Crippen molar-refractivity contribution >= 4 is 0 Å². The summed E-state index contributed by atoms with van der Waals surface area (Å²) in [5.41, 5.74) is 0.778. The highest BCUT2D eigenvalue weighted by Gasteiger charge is 2.14. The van der Waals surface area contributed by atoms with Gasteiger partial charge in [-0.05, 0) is 18.9 Å². The number of nitrogens with zero attached hydrogens (tertiary/aromatic N) is 3. The van der Waals surface area contributed by atoms with Crippen LogP contribution in [0.2, 0.25) is 0 Å². The topological polar surface area (TPSA) is 51.8 Å². The Labute approximate surface area is 94.8 Å². The SMILES string of the molecule is CCC(CC)c1ncc(-c2ccncn2)o1. The quantitative estimate of drug-likeness (QED) is 0.789. The van der Waals surface area contributed by atoms with Crippen molar-refractivity contribution in [3.8, 4) is 11.5 Å². The minimum atomic E-state index is 0.399. The fourth-order valence-corrected chi connectivity index (χ4v) is 1.67. The molecule has 0 saturated carbocycles. The van der Waals surface area contributed by atoms with E-state index in [-0.39, 0.29) is 0 Å². The number of hydrogen-bond donors (Lipinski definition) is 0. The molecular weight excluding hydrogens is 202 g/mol. The number of rotatable bonds is 4. The van der Waals surface area contributed by atoms with E-state index in [2.05, 4.69) is 28.8 Å². The molecule has 2 aromatic heterocycles. The van der Waals surface area contributed by atoms with Gasteiger partial charge in [0, 0.05) is 12.1 Å². The van der Waals surface area contributed by atoms with Gasteiger partial charge in [-0.2, -0.15) is 0 Å². The molecule has 0 amide bonds. The van der Waals surface area contributed by atoms with E-state index in [9.17, 15) is 0 Å². The first-order valence-corrected chi connectivity index (χ1v) is 5.57. The van der Waals surface area contributed by atoms with Crippen LogP contribution in [-0.4, -0.2) is 15.0 Å². The van der Waals surface area contributed by atoms with Gasteiger partial charge in [0.15, 0.2) is 11.7 Å². The molecule has 0 aromatic carbocycles. The molecule has 0 atom stereocenters. The summed E-state index contributed by atoms with van der Waals surface area (Å²) in [7, 11) is 0. The third kappa shape index (κ3) is 2.10. The van der Waals surface area contributed by atoms with Gasteiger partial charge >= 0.3 is 0 Å². The molecule has 0 aliphatic carbocycles. The molecule has 0 N–H and O–H groups in total. The van der Waals surface area contributed by atoms with Gasteiger partial charge in [-0.1, -0.05) is 13.8 Å². The Morgan fingerprint density at radius 2 is 2.06 bits per heavy atom. The molecule has 0 aliphatic rings. The Balaban J connectivity index is 2.26. The number of aromatic nitrogens is 3. The van der Waals surface area contributed by atoms with Crippen LogP contribution >= 0.6 is 0 Å². The summed E-state index contributed by atoms with van der Waals surface area (Å²) in [5, 5.41) is 0. The zero-order valence-electron chi connectivity index (χ0n) is 9.55. The monoisotopic (exact) mass is 217 g/mol. The van der Waals surface area contributed by atoms with Crippen LogP contribution < -0.4 is 0 Å². The van der Waals surface area contributed by atoms with Crippen molar-refractivity contribution in [2.75, 3.05) is 0 Å². The highest BCUT2D eigenvalue weighted by atomic mass is 16.4. The molecule has 16 heavy (non-hydrogen) atoms. The third-order valence-corrected chi connectivity index (χ3v) is 2.69. The van der Waals surface area contributed by atoms with E-state index in [1.165, 1.54) is 6.33 Å². The molecule has 2 aromatic rings. The Morgan fingerprint density at radius 3 is 2.69 bits per heavy atom. The second kappa shape index (κ2) is 4.88. The van der Waals surface area contributed by atoms with Crippen LogP contribution in [0.1, 0.15) is 38.5 Å². The average Bonchev–Trinajstić information content (AvgIpc) is 2.81. The van der Waals surface area contributed by atoms with Gasteiger partial charge in [-0.25, -0.2) is 15.0 Å². The summed E-state index contributed by atoms with van der Waals surface area (Å²) in [6.45, 7) is 4.28. The molecule has 4 nitrogen and oxygen atoms in total. The van der Waals surface area contributed by atoms with E-state index in [1.807, 2.05) is 6.07 Å². The first-order chi connectivity index (χ1) is 7.85. The first-order valence-electron chi connectivity index (χ1n) is 5.57. The van der Waals surface area contributed by atoms with Crippen molar-refractivity contribution in [2.24, 2.45) is 0 Å². The maximum absolute atomic E-state index is 5.71. The van der Waals surface area contributed by atoms with E-state index < -0.39 is 0 Å². The van der Waals surface area contributed by atoms with Gasteiger partial charge in [0.05, 0.1) is 6.20 Å². The Kier molecular flexibility index (Phi) is 3.29. The summed E-state index contributed by atoms with van der Waals surface area (Å²) in [4.78, 5) is 12.3. The lowest BCUT2D eigenvalue weighted by Crippen LogP contribution is -1.94. The second-order valence-corrected chi connectivity index (χ2v) is 3.67. The van der Waals surface area contributed by atoms with Gasteiger partial charge in [0.2, 0.25) is 0 Å². The van der Waals surface area contributed by atoms with E-state index in [0.717, 1.165) is 24.4 Å². The van der Waals surface area contributed by atoms with E-state index in [1.54, 1.807) is 12.4 Å². The third-order valence-electron chi connectivity index (χ3n) is 2.69. The molecule has 0 spiro atoms. The zero-order valence-corrected chi connectivity index (χ0v) is 9.55. The molecule has 0 fully saturated rings. The van der Waals surface area contributed by atoms with Crippen molar-refractivity contribution in [1.29, 1.82) is 0 Å². The van der Waals surface area contributed by atoms with Crippen molar-refractivity contribution in [2.45, 2.75) is 32.6 Å². The van der Waals surface area contributed by atoms with Gasteiger partial charge in [-0.3, -0.25) is 0 Å². The van der Waals surface area contributed by atoms with Gasteiger partial charge in [0.25, 0.3) is 0 Å². The lowest BCUT2D eigenvalue weighted by molar-refractivity contribution is 0.438. The summed E-state index contributed by atoms with van der Waals surface area (Å²) in [5.74, 6) is 1.92. The fourth-order valence-electron chi connectivity index (χ4n) is 1.67. The standard InChI is InChI=1S/C12H15N3O/c1-3-9(4-2)12-14-7-11(16-12)10-5-6-13-8-15-10/h5-9H,3-4H2,1-2H3. The van der Waals surface area contributed by atoms with Crippen LogP contribution in [0.25, 0.3) is 11.5 Å². The zero-order chi connectivity index (χ0) is 11.4. The van der Waals surface area contributed by atoms with Crippen molar-refractivity contribution in [1.82, 2.24) is 15.0 Å². The molecule has 0 radical (unpaired) electrons. The molecule has 84 valence electrons. The van der Waals surface area contributed by atoms with Gasteiger partial charge in [-0.15, -0.1) is 0 Å². The Morgan fingerprint density at radius 1 is 1.25 bits per heavy atom. The predicted molar refractivity (Wildman–Crippen MR) is 60.9 cm³/mol. The average molecular weight is 217 g/mol. The summed E-state index contributed by atoms with van der Waals surface area (Å²) < 4.78 is 5.71. The minimum Gasteiger partial charge on any atom is -0.439 e. The molecule has 0 aliphatic heterocycles.